The molecule has 0 unspecified atom stereocenters. The van der Waals surface area contributed by atoms with Crippen LogP contribution in [-0.2, 0) is 0 Å². The second-order valence-corrected chi connectivity index (χ2v) is 8.52. The Morgan fingerprint density at radius 3 is 1.38 bits per heavy atom. The molecule has 0 radical (unpaired) electrons. The summed E-state index contributed by atoms with van der Waals surface area (Å²) in [5.41, 5.74) is 7.28. The fraction of sp³-hybridized carbons (Fsp3) is 0.0333. The lowest BCUT2D eigenvalue weighted by Crippen LogP contribution is -2.00. The molecular weight excluding hydrogens is 458 g/mol. The first-order valence-corrected chi connectivity index (χ1v) is 11.8. The maximum atomic E-state index is 4.89. The molecule has 176 valence electrons. The third-order valence-corrected chi connectivity index (χ3v) is 5.90. The van der Waals surface area contributed by atoms with Crippen LogP contribution in [0, 0.1) is 6.92 Å². The van der Waals surface area contributed by atoms with Gasteiger partial charge in [-0.05, 0) is 19.1 Å². The zero-order valence-electron chi connectivity index (χ0n) is 20.0. The first-order chi connectivity index (χ1) is 18.2. The molecule has 0 bridgehead atoms. The lowest BCUT2D eigenvalue weighted by Gasteiger charge is -2.10. The van der Waals surface area contributed by atoms with E-state index < -0.39 is 0 Å². The molecule has 3 aromatic heterocycles. The van der Waals surface area contributed by atoms with Gasteiger partial charge in [0.1, 0.15) is 0 Å². The molecular formula is C30H21N7. The van der Waals surface area contributed by atoms with Crippen LogP contribution in [0.5, 0.6) is 0 Å². The van der Waals surface area contributed by atoms with Gasteiger partial charge in [-0.25, -0.2) is 15.0 Å². The van der Waals surface area contributed by atoms with E-state index in [0.29, 0.717) is 17.5 Å². The Kier molecular flexibility index (Phi) is 5.93. The van der Waals surface area contributed by atoms with Gasteiger partial charge in [0, 0.05) is 52.6 Å². The normalized spacial score (nSPS) is 10.8. The average molecular weight is 480 g/mol. The standard InChI is InChI=1S/C30H21N7/c1-20-8-10-21(11-9-20)28-35-29(24-6-2-4-22(16-24)26-18-31-12-14-33-26)37-30(36-28)25-7-3-5-23(17-25)27-19-32-13-15-34-27/h2-19H,1H3. The van der Waals surface area contributed by atoms with Gasteiger partial charge in [0.25, 0.3) is 0 Å². The second-order valence-electron chi connectivity index (χ2n) is 8.52. The Labute approximate surface area is 214 Å². The van der Waals surface area contributed by atoms with Crippen molar-refractivity contribution in [2.75, 3.05) is 0 Å². The van der Waals surface area contributed by atoms with Crippen LogP contribution in [0.25, 0.3) is 56.7 Å². The van der Waals surface area contributed by atoms with Gasteiger partial charge in [0.2, 0.25) is 0 Å². The van der Waals surface area contributed by atoms with Crippen molar-refractivity contribution in [2.24, 2.45) is 0 Å². The van der Waals surface area contributed by atoms with Crippen LogP contribution < -0.4 is 0 Å². The van der Waals surface area contributed by atoms with Gasteiger partial charge in [-0.3, -0.25) is 19.9 Å². The number of hydrogen-bond acceptors (Lipinski definition) is 7. The van der Waals surface area contributed by atoms with Gasteiger partial charge in [-0.1, -0.05) is 66.2 Å². The summed E-state index contributed by atoms with van der Waals surface area (Å²) in [7, 11) is 0. The summed E-state index contributed by atoms with van der Waals surface area (Å²) in [5, 5.41) is 0. The molecule has 6 rings (SSSR count). The largest absolute Gasteiger partial charge is 0.261 e. The van der Waals surface area contributed by atoms with Crippen LogP contribution >= 0.6 is 0 Å². The molecule has 7 nitrogen and oxygen atoms in total. The van der Waals surface area contributed by atoms with Gasteiger partial charge < -0.3 is 0 Å². The highest BCUT2D eigenvalue weighted by molar-refractivity contribution is 5.72. The quantitative estimate of drug-likeness (QED) is 0.295. The number of benzene rings is 3. The molecule has 0 saturated carbocycles. The summed E-state index contributed by atoms with van der Waals surface area (Å²) in [6.45, 7) is 2.06. The molecule has 0 saturated heterocycles. The third kappa shape index (κ3) is 4.83. The Morgan fingerprint density at radius 2 is 0.919 bits per heavy atom. The van der Waals surface area contributed by atoms with Crippen molar-refractivity contribution in [2.45, 2.75) is 6.92 Å². The van der Waals surface area contributed by atoms with Crippen LogP contribution in [0.15, 0.2) is 110 Å². The van der Waals surface area contributed by atoms with E-state index in [0.717, 1.165) is 39.2 Å². The van der Waals surface area contributed by atoms with E-state index in [4.69, 9.17) is 15.0 Å². The number of nitrogens with zero attached hydrogens (tertiary/aromatic N) is 7. The monoisotopic (exact) mass is 479 g/mol. The highest BCUT2D eigenvalue weighted by Crippen LogP contribution is 2.29. The van der Waals surface area contributed by atoms with Gasteiger partial charge in [-0.2, -0.15) is 0 Å². The molecule has 3 aromatic carbocycles. The van der Waals surface area contributed by atoms with E-state index >= 15 is 0 Å². The fourth-order valence-electron chi connectivity index (χ4n) is 4.00. The van der Waals surface area contributed by atoms with Crippen LogP contribution in [0.2, 0.25) is 0 Å². The number of aryl methyl sites for hydroxylation is 1. The van der Waals surface area contributed by atoms with Crippen molar-refractivity contribution in [3.05, 3.63) is 116 Å². The zero-order chi connectivity index (χ0) is 25.0. The minimum atomic E-state index is 0.580. The van der Waals surface area contributed by atoms with E-state index in [1.807, 2.05) is 60.7 Å². The van der Waals surface area contributed by atoms with Gasteiger partial charge in [-0.15, -0.1) is 0 Å². The van der Waals surface area contributed by atoms with E-state index in [-0.39, 0.29) is 0 Å². The SMILES string of the molecule is Cc1ccc(-c2nc(-c3cccc(-c4cnccn4)c3)nc(-c3cccc(-c4cnccn4)c3)n2)cc1. The van der Waals surface area contributed by atoms with Crippen molar-refractivity contribution in [1.29, 1.82) is 0 Å². The summed E-state index contributed by atoms with van der Waals surface area (Å²) in [4.78, 5) is 31.9. The Hall–Kier alpha value is -5.17. The van der Waals surface area contributed by atoms with Crippen LogP contribution in [0.3, 0.4) is 0 Å². The topological polar surface area (TPSA) is 90.2 Å². The molecule has 0 aliphatic heterocycles. The van der Waals surface area contributed by atoms with Gasteiger partial charge in [0.15, 0.2) is 17.5 Å². The summed E-state index contributed by atoms with van der Waals surface area (Å²) in [5.74, 6) is 1.77. The highest BCUT2D eigenvalue weighted by Gasteiger charge is 2.14. The lowest BCUT2D eigenvalue weighted by atomic mass is 10.1. The molecule has 0 spiro atoms. The van der Waals surface area contributed by atoms with Crippen molar-refractivity contribution >= 4 is 0 Å². The Morgan fingerprint density at radius 1 is 0.459 bits per heavy atom. The van der Waals surface area contributed by atoms with Crippen LogP contribution in [-0.4, -0.2) is 34.9 Å². The minimum Gasteiger partial charge on any atom is -0.261 e. The molecule has 0 N–H and O–H groups in total. The number of hydrogen-bond donors (Lipinski definition) is 0. The van der Waals surface area contributed by atoms with E-state index in [1.165, 1.54) is 5.56 Å². The molecule has 6 aromatic rings. The molecule has 0 fully saturated rings. The van der Waals surface area contributed by atoms with Gasteiger partial charge in [0.05, 0.1) is 23.8 Å². The Bertz CT molecular complexity index is 1570. The second kappa shape index (κ2) is 9.83. The minimum absolute atomic E-state index is 0.580. The summed E-state index contributed by atoms with van der Waals surface area (Å²) >= 11 is 0. The number of aromatic nitrogens is 7. The zero-order valence-corrected chi connectivity index (χ0v) is 20.0. The molecule has 37 heavy (non-hydrogen) atoms. The predicted molar refractivity (Wildman–Crippen MR) is 143 cm³/mol. The van der Waals surface area contributed by atoms with Gasteiger partial charge >= 0.3 is 0 Å². The summed E-state index contributed by atoms with van der Waals surface area (Å²) < 4.78 is 0. The maximum absolute atomic E-state index is 4.89. The van der Waals surface area contributed by atoms with E-state index in [1.54, 1.807) is 37.2 Å². The molecule has 3 heterocycles. The van der Waals surface area contributed by atoms with Crippen LogP contribution in [0.4, 0.5) is 0 Å². The molecule has 0 aliphatic carbocycles. The van der Waals surface area contributed by atoms with E-state index in [2.05, 4.69) is 39.0 Å². The number of rotatable bonds is 5. The average Bonchev–Trinajstić information content (AvgIpc) is 2.98. The predicted octanol–water partition coefficient (Wildman–Crippen LogP) is 6.10. The van der Waals surface area contributed by atoms with Crippen molar-refractivity contribution in [3.8, 4) is 56.7 Å². The molecule has 0 amide bonds. The Balaban J connectivity index is 1.50. The smallest absolute Gasteiger partial charge is 0.164 e. The van der Waals surface area contributed by atoms with Crippen molar-refractivity contribution in [3.63, 3.8) is 0 Å². The molecule has 0 aliphatic rings. The summed E-state index contributed by atoms with van der Waals surface area (Å²) in [6, 6.07) is 24.2. The first kappa shape index (κ1) is 22.3. The molecule has 7 heteroatoms. The maximum Gasteiger partial charge on any atom is 0.164 e. The third-order valence-electron chi connectivity index (χ3n) is 5.90. The van der Waals surface area contributed by atoms with Crippen LogP contribution in [0.1, 0.15) is 5.56 Å². The summed E-state index contributed by atoms with van der Waals surface area (Å²) in [6.07, 6.45) is 10.2. The highest BCUT2D eigenvalue weighted by atomic mass is 15.0. The molecule has 0 atom stereocenters. The van der Waals surface area contributed by atoms with Crippen molar-refractivity contribution < 1.29 is 0 Å². The van der Waals surface area contributed by atoms with E-state index in [9.17, 15) is 0 Å². The van der Waals surface area contributed by atoms with Crippen molar-refractivity contribution in [1.82, 2.24) is 34.9 Å². The fourth-order valence-corrected chi connectivity index (χ4v) is 4.00. The first-order valence-electron chi connectivity index (χ1n) is 11.8. The lowest BCUT2D eigenvalue weighted by molar-refractivity contribution is 1.07.